The lowest BCUT2D eigenvalue weighted by Crippen LogP contribution is -2.43. The quantitative estimate of drug-likeness (QED) is 0.729. The monoisotopic (exact) mass is 196 g/mol. The number of hydrogen-bond acceptors (Lipinski definition) is 3. The lowest BCUT2D eigenvalue weighted by atomic mass is 10.1. The molecule has 1 N–H and O–H groups in total. The average Bonchev–Trinajstić information content (AvgIpc) is 2.69. The summed E-state index contributed by atoms with van der Waals surface area (Å²) >= 11 is 0. The fourth-order valence-electron chi connectivity index (χ4n) is 1.91. The highest BCUT2D eigenvalue weighted by molar-refractivity contribution is 4.85. The number of nitrogens with zero attached hydrogens (tertiary/aromatic N) is 1. The molecule has 3 unspecified atom stereocenters. The molecule has 0 amide bonds. The predicted molar refractivity (Wildman–Crippen MR) is 55.9 cm³/mol. The maximum Gasteiger partial charge on any atom is 0.0726 e. The van der Waals surface area contributed by atoms with Gasteiger partial charge in [-0.2, -0.15) is 5.26 Å². The van der Waals surface area contributed by atoms with Crippen molar-refractivity contribution in [3.05, 3.63) is 0 Å². The topological polar surface area (TPSA) is 45.0 Å². The Balaban J connectivity index is 2.30. The van der Waals surface area contributed by atoms with Gasteiger partial charge in [-0.3, -0.25) is 0 Å². The lowest BCUT2D eigenvalue weighted by Gasteiger charge is -2.24. The summed E-state index contributed by atoms with van der Waals surface area (Å²) < 4.78 is 5.59. The molecule has 1 aliphatic rings. The van der Waals surface area contributed by atoms with Crippen molar-refractivity contribution in [3.8, 4) is 6.07 Å². The third kappa shape index (κ3) is 3.28. The minimum atomic E-state index is 0.319. The van der Waals surface area contributed by atoms with Gasteiger partial charge < -0.3 is 10.1 Å². The van der Waals surface area contributed by atoms with Crippen LogP contribution in [0.5, 0.6) is 0 Å². The molecule has 1 saturated heterocycles. The highest BCUT2D eigenvalue weighted by Gasteiger charge is 2.23. The van der Waals surface area contributed by atoms with Gasteiger partial charge in [0.15, 0.2) is 0 Å². The second-order valence-electron chi connectivity index (χ2n) is 3.97. The minimum Gasteiger partial charge on any atom is -0.377 e. The largest absolute Gasteiger partial charge is 0.377 e. The van der Waals surface area contributed by atoms with Crippen LogP contribution in [0.3, 0.4) is 0 Å². The number of hydrogen-bond donors (Lipinski definition) is 1. The molecule has 0 aromatic carbocycles. The Labute approximate surface area is 86.4 Å². The molecule has 80 valence electrons. The average molecular weight is 196 g/mol. The van der Waals surface area contributed by atoms with E-state index in [2.05, 4.69) is 25.2 Å². The second kappa shape index (κ2) is 6.00. The Bertz CT molecular complexity index is 194. The van der Waals surface area contributed by atoms with Gasteiger partial charge >= 0.3 is 0 Å². The highest BCUT2D eigenvalue weighted by atomic mass is 16.5. The van der Waals surface area contributed by atoms with E-state index in [1.165, 1.54) is 6.42 Å². The summed E-state index contributed by atoms with van der Waals surface area (Å²) in [5, 5.41) is 12.1. The first-order valence-electron chi connectivity index (χ1n) is 5.52. The summed E-state index contributed by atoms with van der Waals surface area (Å²) in [7, 11) is 0. The molecule has 0 saturated carbocycles. The van der Waals surface area contributed by atoms with Crippen molar-refractivity contribution >= 4 is 0 Å². The Morgan fingerprint density at radius 3 is 2.93 bits per heavy atom. The smallest absolute Gasteiger partial charge is 0.0726 e. The highest BCUT2D eigenvalue weighted by Crippen LogP contribution is 2.16. The van der Waals surface area contributed by atoms with E-state index in [0.29, 0.717) is 24.6 Å². The fourth-order valence-corrected chi connectivity index (χ4v) is 1.91. The van der Waals surface area contributed by atoms with Crippen molar-refractivity contribution in [2.24, 2.45) is 0 Å². The molecular weight excluding hydrogens is 176 g/mol. The van der Waals surface area contributed by atoms with Crippen molar-refractivity contribution in [3.63, 3.8) is 0 Å². The van der Waals surface area contributed by atoms with E-state index in [4.69, 9.17) is 10.00 Å². The van der Waals surface area contributed by atoms with Crippen LogP contribution in [0.2, 0.25) is 0 Å². The Morgan fingerprint density at radius 1 is 1.64 bits per heavy atom. The summed E-state index contributed by atoms with van der Waals surface area (Å²) in [6.45, 7) is 5.15. The molecule has 14 heavy (non-hydrogen) atoms. The molecule has 1 fully saturated rings. The lowest BCUT2D eigenvalue weighted by molar-refractivity contribution is 0.0796. The van der Waals surface area contributed by atoms with Gasteiger partial charge in [0.05, 0.1) is 18.6 Å². The maximum absolute atomic E-state index is 8.62. The van der Waals surface area contributed by atoms with Crippen LogP contribution >= 0.6 is 0 Å². The van der Waals surface area contributed by atoms with E-state index in [1.54, 1.807) is 0 Å². The molecule has 3 atom stereocenters. The van der Waals surface area contributed by atoms with Crippen LogP contribution in [-0.4, -0.2) is 24.8 Å². The molecule has 0 aromatic rings. The number of nitrogens with one attached hydrogen (secondary N) is 1. The normalized spacial score (nSPS) is 25.6. The van der Waals surface area contributed by atoms with Gasteiger partial charge in [0.2, 0.25) is 0 Å². The maximum atomic E-state index is 8.62. The SMILES string of the molecule is CCC(CC#N)NC(C)C1CCCO1. The molecule has 3 nitrogen and oxygen atoms in total. The molecule has 1 heterocycles. The van der Waals surface area contributed by atoms with Crippen LogP contribution in [0, 0.1) is 11.3 Å². The van der Waals surface area contributed by atoms with Crippen LogP contribution in [0.15, 0.2) is 0 Å². The van der Waals surface area contributed by atoms with Gasteiger partial charge in [-0.1, -0.05) is 6.92 Å². The first-order chi connectivity index (χ1) is 6.77. The molecule has 0 aliphatic carbocycles. The molecule has 1 rings (SSSR count). The van der Waals surface area contributed by atoms with Crippen molar-refractivity contribution in [1.82, 2.24) is 5.32 Å². The van der Waals surface area contributed by atoms with Crippen molar-refractivity contribution < 1.29 is 4.74 Å². The molecule has 0 aromatic heterocycles. The molecule has 0 spiro atoms. The fraction of sp³-hybridized carbons (Fsp3) is 0.909. The van der Waals surface area contributed by atoms with E-state index in [1.807, 2.05) is 0 Å². The number of rotatable bonds is 5. The Morgan fingerprint density at radius 2 is 2.43 bits per heavy atom. The summed E-state index contributed by atoms with van der Waals surface area (Å²) in [5.41, 5.74) is 0. The molecule has 0 bridgehead atoms. The van der Waals surface area contributed by atoms with Gasteiger partial charge in [-0.15, -0.1) is 0 Å². The molecule has 0 radical (unpaired) electrons. The van der Waals surface area contributed by atoms with E-state index in [9.17, 15) is 0 Å². The van der Waals surface area contributed by atoms with E-state index in [-0.39, 0.29) is 0 Å². The number of ether oxygens (including phenoxy) is 1. The van der Waals surface area contributed by atoms with Crippen LogP contribution in [-0.2, 0) is 4.74 Å². The van der Waals surface area contributed by atoms with Crippen LogP contribution in [0.25, 0.3) is 0 Å². The zero-order valence-electron chi connectivity index (χ0n) is 9.12. The van der Waals surface area contributed by atoms with Gasteiger partial charge in [0.25, 0.3) is 0 Å². The van der Waals surface area contributed by atoms with Crippen LogP contribution < -0.4 is 5.32 Å². The van der Waals surface area contributed by atoms with Crippen molar-refractivity contribution in [1.29, 1.82) is 5.26 Å². The Hall–Kier alpha value is -0.590. The van der Waals surface area contributed by atoms with Crippen molar-refractivity contribution in [2.75, 3.05) is 6.61 Å². The zero-order valence-corrected chi connectivity index (χ0v) is 9.12. The van der Waals surface area contributed by atoms with Gasteiger partial charge in [0.1, 0.15) is 0 Å². The van der Waals surface area contributed by atoms with E-state index >= 15 is 0 Å². The second-order valence-corrected chi connectivity index (χ2v) is 3.97. The van der Waals surface area contributed by atoms with Gasteiger partial charge in [-0.05, 0) is 26.2 Å². The van der Waals surface area contributed by atoms with Gasteiger partial charge in [0, 0.05) is 18.7 Å². The summed E-state index contributed by atoms with van der Waals surface area (Å²) in [6.07, 6.45) is 4.27. The summed E-state index contributed by atoms with van der Waals surface area (Å²) in [4.78, 5) is 0. The third-order valence-electron chi connectivity index (χ3n) is 2.85. The first-order valence-corrected chi connectivity index (χ1v) is 5.52. The van der Waals surface area contributed by atoms with E-state index < -0.39 is 0 Å². The zero-order chi connectivity index (χ0) is 10.4. The summed E-state index contributed by atoms with van der Waals surface area (Å²) in [6, 6.07) is 2.90. The molecular formula is C11H20N2O. The summed E-state index contributed by atoms with van der Waals surface area (Å²) in [5.74, 6) is 0. The first kappa shape index (κ1) is 11.5. The standard InChI is InChI=1S/C11H20N2O/c1-3-10(6-7-12)13-9(2)11-5-4-8-14-11/h9-11,13H,3-6,8H2,1-2H3. The number of nitriles is 1. The minimum absolute atomic E-state index is 0.319. The Kier molecular flexibility index (Phi) is 4.92. The van der Waals surface area contributed by atoms with Crippen molar-refractivity contribution in [2.45, 2.75) is 57.7 Å². The van der Waals surface area contributed by atoms with Gasteiger partial charge in [-0.25, -0.2) is 0 Å². The van der Waals surface area contributed by atoms with E-state index in [0.717, 1.165) is 19.4 Å². The molecule has 3 heteroatoms. The van der Waals surface area contributed by atoms with Crippen LogP contribution in [0.1, 0.15) is 39.5 Å². The molecule has 1 aliphatic heterocycles. The third-order valence-corrected chi connectivity index (χ3v) is 2.85. The predicted octanol–water partition coefficient (Wildman–Crippen LogP) is 1.84. The van der Waals surface area contributed by atoms with Crippen LogP contribution in [0.4, 0.5) is 0 Å².